The lowest BCUT2D eigenvalue weighted by Gasteiger charge is -2.06. The standard InChI is InChI=1S/C16H22N4O2S2/c1-12-5-3-4-6-13(12)7-8-17-14(21)11-23-16-20-19-15(24-16)18-9-10-22-2/h3-6H,7-11H2,1-2H3,(H,17,21)(H,18,19). The SMILES string of the molecule is COCCNc1nnc(SCC(=O)NCCc2ccccc2C)s1. The van der Waals surface area contributed by atoms with Crippen LogP contribution in [0.5, 0.6) is 0 Å². The number of hydrogen-bond donors (Lipinski definition) is 2. The molecular formula is C16H22N4O2S2. The van der Waals surface area contributed by atoms with E-state index in [1.807, 2.05) is 12.1 Å². The highest BCUT2D eigenvalue weighted by atomic mass is 32.2. The van der Waals surface area contributed by atoms with Crippen molar-refractivity contribution in [2.24, 2.45) is 0 Å². The predicted octanol–water partition coefficient (Wildman–Crippen LogP) is 2.36. The van der Waals surface area contributed by atoms with Gasteiger partial charge in [-0.1, -0.05) is 47.4 Å². The van der Waals surface area contributed by atoms with Crippen molar-refractivity contribution in [1.29, 1.82) is 0 Å². The summed E-state index contributed by atoms with van der Waals surface area (Å²) in [4.78, 5) is 11.9. The number of nitrogens with one attached hydrogen (secondary N) is 2. The largest absolute Gasteiger partial charge is 0.383 e. The molecule has 0 unspecified atom stereocenters. The third kappa shape index (κ3) is 6.46. The zero-order valence-electron chi connectivity index (χ0n) is 13.9. The van der Waals surface area contributed by atoms with Crippen LogP contribution < -0.4 is 10.6 Å². The van der Waals surface area contributed by atoms with Gasteiger partial charge in [0.15, 0.2) is 4.34 Å². The Morgan fingerprint density at radius 2 is 2.12 bits per heavy atom. The Morgan fingerprint density at radius 1 is 1.29 bits per heavy atom. The first-order valence-corrected chi connectivity index (χ1v) is 9.49. The average molecular weight is 367 g/mol. The molecule has 0 fully saturated rings. The first-order valence-electron chi connectivity index (χ1n) is 7.69. The van der Waals surface area contributed by atoms with Crippen molar-refractivity contribution in [1.82, 2.24) is 15.5 Å². The topological polar surface area (TPSA) is 76.1 Å². The molecule has 0 atom stereocenters. The lowest BCUT2D eigenvalue weighted by Crippen LogP contribution is -2.27. The lowest BCUT2D eigenvalue weighted by molar-refractivity contribution is -0.118. The van der Waals surface area contributed by atoms with E-state index in [2.05, 4.69) is 39.9 Å². The van der Waals surface area contributed by atoms with E-state index in [0.29, 0.717) is 25.4 Å². The number of carbonyl (C=O) groups excluding carboxylic acids is 1. The van der Waals surface area contributed by atoms with E-state index >= 15 is 0 Å². The number of amides is 1. The highest BCUT2D eigenvalue weighted by Crippen LogP contribution is 2.24. The number of nitrogens with zero attached hydrogens (tertiary/aromatic N) is 2. The molecule has 8 heteroatoms. The average Bonchev–Trinajstić information content (AvgIpc) is 3.03. The van der Waals surface area contributed by atoms with Gasteiger partial charge in [-0.25, -0.2) is 0 Å². The number of aryl methyl sites for hydroxylation is 1. The molecule has 2 N–H and O–H groups in total. The Kier molecular flexibility index (Phi) is 8.00. The van der Waals surface area contributed by atoms with Gasteiger partial charge in [-0.05, 0) is 24.5 Å². The zero-order valence-corrected chi connectivity index (χ0v) is 15.5. The second-order valence-corrected chi connectivity index (χ2v) is 7.31. The summed E-state index contributed by atoms with van der Waals surface area (Å²) in [6, 6.07) is 8.22. The molecule has 2 rings (SSSR count). The number of thioether (sulfide) groups is 1. The summed E-state index contributed by atoms with van der Waals surface area (Å²) in [6.07, 6.45) is 0.843. The first kappa shape index (κ1) is 18.7. The van der Waals surface area contributed by atoms with E-state index in [0.717, 1.165) is 15.9 Å². The fourth-order valence-electron chi connectivity index (χ4n) is 2.01. The van der Waals surface area contributed by atoms with E-state index in [9.17, 15) is 4.79 Å². The minimum absolute atomic E-state index is 0.0117. The molecule has 1 aromatic heterocycles. The van der Waals surface area contributed by atoms with Crippen LogP contribution in [0.15, 0.2) is 28.6 Å². The number of hydrogen-bond acceptors (Lipinski definition) is 7. The summed E-state index contributed by atoms with van der Waals surface area (Å²) >= 11 is 2.84. The number of anilines is 1. The summed E-state index contributed by atoms with van der Waals surface area (Å²) in [7, 11) is 1.65. The van der Waals surface area contributed by atoms with E-state index in [-0.39, 0.29) is 5.91 Å². The molecule has 0 aliphatic rings. The fourth-order valence-corrected chi connectivity index (χ4v) is 3.61. The number of aromatic nitrogens is 2. The Bertz CT molecular complexity index is 649. The fraction of sp³-hybridized carbons (Fsp3) is 0.438. The minimum atomic E-state index is 0.0117. The normalized spacial score (nSPS) is 10.6. The predicted molar refractivity (Wildman–Crippen MR) is 98.9 cm³/mol. The van der Waals surface area contributed by atoms with Gasteiger partial charge in [0.25, 0.3) is 0 Å². The van der Waals surface area contributed by atoms with Gasteiger partial charge in [0.05, 0.1) is 12.4 Å². The van der Waals surface area contributed by atoms with Gasteiger partial charge in [0.1, 0.15) is 0 Å². The molecule has 1 heterocycles. The summed E-state index contributed by atoms with van der Waals surface area (Å²) < 4.78 is 5.74. The van der Waals surface area contributed by atoms with Crippen LogP contribution >= 0.6 is 23.1 Å². The van der Waals surface area contributed by atoms with Crippen molar-refractivity contribution < 1.29 is 9.53 Å². The van der Waals surface area contributed by atoms with Crippen LogP contribution in [0.2, 0.25) is 0 Å². The quantitative estimate of drug-likeness (QED) is 0.497. The van der Waals surface area contributed by atoms with Crippen LogP contribution in [-0.4, -0.2) is 48.7 Å². The van der Waals surface area contributed by atoms with Gasteiger partial charge in [0.2, 0.25) is 11.0 Å². The van der Waals surface area contributed by atoms with Crippen LogP contribution in [0.1, 0.15) is 11.1 Å². The maximum atomic E-state index is 11.9. The summed E-state index contributed by atoms with van der Waals surface area (Å²) in [5.74, 6) is 0.359. The van der Waals surface area contributed by atoms with Gasteiger partial charge >= 0.3 is 0 Å². The van der Waals surface area contributed by atoms with Crippen LogP contribution in [0.3, 0.4) is 0 Å². The van der Waals surface area contributed by atoms with Crippen molar-refractivity contribution in [3.8, 4) is 0 Å². The summed E-state index contributed by atoms with van der Waals surface area (Å²) in [5.41, 5.74) is 2.52. The third-order valence-electron chi connectivity index (χ3n) is 3.29. The van der Waals surface area contributed by atoms with E-state index < -0.39 is 0 Å². The highest BCUT2D eigenvalue weighted by molar-refractivity contribution is 8.01. The third-order valence-corrected chi connectivity index (χ3v) is 5.31. The van der Waals surface area contributed by atoms with E-state index in [4.69, 9.17) is 4.74 Å². The molecule has 6 nitrogen and oxygen atoms in total. The van der Waals surface area contributed by atoms with E-state index in [1.165, 1.54) is 34.2 Å². The zero-order chi connectivity index (χ0) is 17.2. The maximum Gasteiger partial charge on any atom is 0.230 e. The molecule has 0 saturated carbocycles. The highest BCUT2D eigenvalue weighted by Gasteiger charge is 2.08. The molecular weight excluding hydrogens is 344 g/mol. The molecule has 0 aliphatic heterocycles. The molecule has 0 aliphatic carbocycles. The van der Waals surface area contributed by atoms with Gasteiger partial charge in [0, 0.05) is 20.2 Å². The van der Waals surface area contributed by atoms with Crippen LogP contribution in [0.25, 0.3) is 0 Å². The van der Waals surface area contributed by atoms with Gasteiger partial charge in [-0.15, -0.1) is 10.2 Å². The molecule has 2 aromatic rings. The van der Waals surface area contributed by atoms with Gasteiger partial charge < -0.3 is 15.4 Å². The number of rotatable bonds is 10. The molecule has 0 radical (unpaired) electrons. The minimum Gasteiger partial charge on any atom is -0.383 e. The van der Waals surface area contributed by atoms with Gasteiger partial charge in [-0.2, -0.15) is 0 Å². The van der Waals surface area contributed by atoms with Crippen LogP contribution in [-0.2, 0) is 16.0 Å². The van der Waals surface area contributed by atoms with Crippen LogP contribution in [0.4, 0.5) is 5.13 Å². The number of ether oxygens (including phenoxy) is 1. The van der Waals surface area contributed by atoms with E-state index in [1.54, 1.807) is 7.11 Å². The van der Waals surface area contributed by atoms with Crippen molar-refractivity contribution >= 4 is 34.1 Å². The molecule has 130 valence electrons. The number of benzene rings is 1. The number of methoxy groups -OCH3 is 1. The molecule has 24 heavy (non-hydrogen) atoms. The summed E-state index contributed by atoms with van der Waals surface area (Å²) in [5, 5.41) is 14.9. The second kappa shape index (κ2) is 10.3. The van der Waals surface area contributed by atoms with Gasteiger partial charge in [-0.3, -0.25) is 4.79 Å². The Hall–Kier alpha value is -1.64. The Morgan fingerprint density at radius 3 is 2.92 bits per heavy atom. The second-order valence-electron chi connectivity index (χ2n) is 5.11. The number of carbonyl (C=O) groups is 1. The Labute approximate surface area is 150 Å². The molecule has 0 spiro atoms. The lowest BCUT2D eigenvalue weighted by atomic mass is 10.1. The molecule has 0 bridgehead atoms. The van der Waals surface area contributed by atoms with Crippen molar-refractivity contribution in [2.75, 3.05) is 37.9 Å². The monoisotopic (exact) mass is 366 g/mol. The summed E-state index contributed by atoms with van der Waals surface area (Å²) in [6.45, 7) is 4.03. The smallest absolute Gasteiger partial charge is 0.230 e. The first-order chi connectivity index (χ1) is 11.7. The Balaban J connectivity index is 1.65. The molecule has 1 amide bonds. The van der Waals surface area contributed by atoms with Crippen molar-refractivity contribution in [2.45, 2.75) is 17.7 Å². The van der Waals surface area contributed by atoms with Crippen LogP contribution in [0, 0.1) is 6.92 Å². The maximum absolute atomic E-state index is 11.9. The van der Waals surface area contributed by atoms with Crippen molar-refractivity contribution in [3.63, 3.8) is 0 Å². The molecule has 0 saturated heterocycles. The van der Waals surface area contributed by atoms with Crippen molar-refractivity contribution in [3.05, 3.63) is 35.4 Å². The molecule has 1 aromatic carbocycles.